The summed E-state index contributed by atoms with van der Waals surface area (Å²) < 4.78 is 53.2. The standard InChI is InChI=1S/C36H27F3N4O/c1-20-11-12-40-34(15-20)42-32-8-6-5-7-28(32)29-10-9-26(19-33(29)42)44-27-14-21(2)13-25(18-27)43-23(4)35(22(3)41-43)36-30(38)16-24(37)17-31(36)39/h5-19H,1-4H3. The Morgan fingerprint density at radius 3 is 2.18 bits per heavy atom. The smallest absolute Gasteiger partial charge is 0.137 e. The molecule has 3 aromatic heterocycles. The third-order valence-corrected chi connectivity index (χ3v) is 7.84. The average molecular weight is 589 g/mol. The molecule has 0 amide bonds. The molecule has 0 spiro atoms. The maximum absolute atomic E-state index is 14.7. The third-order valence-electron chi connectivity index (χ3n) is 7.84. The lowest BCUT2D eigenvalue weighted by Crippen LogP contribution is -2.01. The van der Waals surface area contributed by atoms with Crippen LogP contribution >= 0.6 is 0 Å². The number of rotatable bonds is 5. The lowest BCUT2D eigenvalue weighted by Gasteiger charge is -2.12. The summed E-state index contributed by atoms with van der Waals surface area (Å²) in [5.41, 5.74) is 5.59. The Balaban J connectivity index is 1.31. The summed E-state index contributed by atoms with van der Waals surface area (Å²) in [7, 11) is 0. The van der Waals surface area contributed by atoms with Crippen LogP contribution in [0.15, 0.2) is 91.1 Å². The van der Waals surface area contributed by atoms with Crippen molar-refractivity contribution in [1.29, 1.82) is 0 Å². The number of ether oxygens (including phenoxy) is 1. The highest BCUT2D eigenvalue weighted by Gasteiger charge is 2.23. The normalized spacial score (nSPS) is 11.5. The van der Waals surface area contributed by atoms with Crippen molar-refractivity contribution in [2.45, 2.75) is 27.7 Å². The largest absolute Gasteiger partial charge is 0.457 e. The van der Waals surface area contributed by atoms with Crippen LogP contribution in [0.4, 0.5) is 13.2 Å². The maximum atomic E-state index is 14.7. The molecule has 5 nitrogen and oxygen atoms in total. The molecular formula is C36H27F3N4O. The number of nitrogens with zero attached hydrogens (tertiary/aromatic N) is 4. The number of para-hydroxylation sites is 1. The van der Waals surface area contributed by atoms with E-state index in [1.807, 2.05) is 68.6 Å². The van der Waals surface area contributed by atoms with Gasteiger partial charge in [-0.05, 0) is 81.3 Å². The Hall–Kier alpha value is -5.37. The molecule has 0 saturated heterocycles. The van der Waals surface area contributed by atoms with Crippen LogP contribution < -0.4 is 4.74 Å². The van der Waals surface area contributed by atoms with Gasteiger partial charge in [0.15, 0.2) is 0 Å². The van der Waals surface area contributed by atoms with Crippen LogP contribution in [0.5, 0.6) is 11.5 Å². The summed E-state index contributed by atoms with van der Waals surface area (Å²) in [6.45, 7) is 7.38. The van der Waals surface area contributed by atoms with Crippen LogP contribution in [0.2, 0.25) is 0 Å². The topological polar surface area (TPSA) is 44.9 Å². The van der Waals surface area contributed by atoms with E-state index < -0.39 is 17.5 Å². The monoisotopic (exact) mass is 588 g/mol. The molecule has 8 heteroatoms. The van der Waals surface area contributed by atoms with Gasteiger partial charge in [-0.2, -0.15) is 5.10 Å². The number of halogens is 3. The molecule has 0 unspecified atom stereocenters. The van der Waals surface area contributed by atoms with Crippen molar-refractivity contribution in [3.05, 3.63) is 131 Å². The predicted molar refractivity (Wildman–Crippen MR) is 166 cm³/mol. The van der Waals surface area contributed by atoms with Gasteiger partial charge in [0.25, 0.3) is 0 Å². The maximum Gasteiger partial charge on any atom is 0.137 e. The summed E-state index contributed by atoms with van der Waals surface area (Å²) in [6.07, 6.45) is 1.81. The Labute approximate surface area is 251 Å². The average Bonchev–Trinajstić information content (AvgIpc) is 3.45. The van der Waals surface area contributed by atoms with Crippen molar-refractivity contribution in [2.24, 2.45) is 0 Å². The number of aryl methyl sites for hydroxylation is 3. The summed E-state index contributed by atoms with van der Waals surface area (Å²) in [6, 6.07) is 25.3. The van der Waals surface area contributed by atoms with Crippen LogP contribution in [0.1, 0.15) is 22.5 Å². The van der Waals surface area contributed by atoms with E-state index >= 15 is 0 Å². The molecule has 0 bridgehead atoms. The van der Waals surface area contributed by atoms with E-state index in [4.69, 9.17) is 4.74 Å². The van der Waals surface area contributed by atoms with Crippen LogP contribution in [0.3, 0.4) is 0 Å². The highest BCUT2D eigenvalue weighted by Crippen LogP contribution is 2.37. The Bertz CT molecular complexity index is 2230. The molecule has 0 aliphatic carbocycles. The zero-order chi connectivity index (χ0) is 30.7. The second kappa shape index (κ2) is 10.4. The van der Waals surface area contributed by atoms with Gasteiger partial charge in [-0.25, -0.2) is 22.8 Å². The van der Waals surface area contributed by atoms with Gasteiger partial charge in [-0.15, -0.1) is 0 Å². The minimum atomic E-state index is -0.977. The Kier molecular flexibility index (Phi) is 6.50. The Morgan fingerprint density at radius 2 is 1.41 bits per heavy atom. The molecule has 0 N–H and O–H groups in total. The minimum absolute atomic E-state index is 0.284. The first-order chi connectivity index (χ1) is 21.2. The fraction of sp³-hybridized carbons (Fsp3) is 0.111. The van der Waals surface area contributed by atoms with Gasteiger partial charge in [-0.3, -0.25) is 4.57 Å². The number of hydrogen-bond acceptors (Lipinski definition) is 3. The SMILES string of the molecule is Cc1cc(Oc2ccc3c4ccccc4n(-c4cc(C)ccn4)c3c2)cc(-n2nc(C)c(-c3c(F)cc(F)cc3F)c2C)c1. The van der Waals surface area contributed by atoms with Crippen molar-refractivity contribution in [1.82, 2.24) is 19.3 Å². The summed E-state index contributed by atoms with van der Waals surface area (Å²) >= 11 is 0. The third kappa shape index (κ3) is 4.59. The Morgan fingerprint density at radius 1 is 0.659 bits per heavy atom. The van der Waals surface area contributed by atoms with E-state index in [1.54, 1.807) is 18.5 Å². The molecule has 7 aromatic rings. The van der Waals surface area contributed by atoms with E-state index in [9.17, 15) is 13.2 Å². The van der Waals surface area contributed by atoms with Crippen molar-refractivity contribution in [3.8, 4) is 34.1 Å². The van der Waals surface area contributed by atoms with E-state index in [1.165, 1.54) is 0 Å². The first-order valence-corrected chi connectivity index (χ1v) is 14.2. The molecule has 0 aliphatic rings. The quantitative estimate of drug-likeness (QED) is 0.201. The molecule has 0 atom stereocenters. The first kappa shape index (κ1) is 27.5. The van der Waals surface area contributed by atoms with Crippen molar-refractivity contribution >= 4 is 21.8 Å². The summed E-state index contributed by atoms with van der Waals surface area (Å²) in [5.74, 6) is -0.897. The zero-order valence-corrected chi connectivity index (χ0v) is 24.5. The number of pyridine rings is 1. The minimum Gasteiger partial charge on any atom is -0.457 e. The van der Waals surface area contributed by atoms with Crippen LogP contribution in [-0.2, 0) is 0 Å². The van der Waals surface area contributed by atoms with Crippen molar-refractivity contribution in [2.75, 3.05) is 0 Å². The van der Waals surface area contributed by atoms with Crippen molar-refractivity contribution < 1.29 is 17.9 Å². The molecule has 0 aliphatic heterocycles. The van der Waals surface area contributed by atoms with Crippen molar-refractivity contribution in [3.63, 3.8) is 0 Å². The molecule has 218 valence electrons. The number of aromatic nitrogens is 4. The zero-order valence-electron chi connectivity index (χ0n) is 24.5. The second-order valence-corrected chi connectivity index (χ2v) is 11.0. The van der Waals surface area contributed by atoms with Gasteiger partial charge in [0.05, 0.1) is 28.0 Å². The number of fused-ring (bicyclic) bond motifs is 3. The summed E-state index contributed by atoms with van der Waals surface area (Å²) in [5, 5.41) is 6.79. The lowest BCUT2D eigenvalue weighted by atomic mass is 10.0. The number of hydrogen-bond donors (Lipinski definition) is 0. The van der Waals surface area contributed by atoms with E-state index in [0.29, 0.717) is 40.7 Å². The van der Waals surface area contributed by atoms with Crippen LogP contribution in [-0.4, -0.2) is 19.3 Å². The number of benzene rings is 4. The molecule has 0 radical (unpaired) electrons. The van der Waals surface area contributed by atoms with Gasteiger partial charge in [0.2, 0.25) is 0 Å². The van der Waals surface area contributed by atoms with Crippen LogP contribution in [0, 0.1) is 45.1 Å². The van der Waals surface area contributed by atoms with Gasteiger partial charge in [-0.1, -0.05) is 18.2 Å². The lowest BCUT2D eigenvalue weighted by molar-refractivity contribution is 0.482. The van der Waals surface area contributed by atoms with E-state index in [2.05, 4.69) is 38.9 Å². The molecule has 0 saturated carbocycles. The van der Waals surface area contributed by atoms with E-state index in [0.717, 1.165) is 38.8 Å². The van der Waals surface area contributed by atoms with Crippen LogP contribution in [0.25, 0.3) is 44.4 Å². The molecule has 3 heterocycles. The van der Waals surface area contributed by atoms with Gasteiger partial charge >= 0.3 is 0 Å². The van der Waals surface area contributed by atoms with E-state index in [-0.39, 0.29) is 11.1 Å². The van der Waals surface area contributed by atoms with Gasteiger partial charge in [0.1, 0.15) is 34.8 Å². The summed E-state index contributed by atoms with van der Waals surface area (Å²) in [4.78, 5) is 4.65. The predicted octanol–water partition coefficient (Wildman–Crippen LogP) is 9.47. The second-order valence-electron chi connectivity index (χ2n) is 11.0. The van der Waals surface area contributed by atoms with Gasteiger partial charge < -0.3 is 4.74 Å². The van der Waals surface area contributed by atoms with Gasteiger partial charge in [0, 0.05) is 52.5 Å². The fourth-order valence-electron chi connectivity index (χ4n) is 5.99. The first-order valence-electron chi connectivity index (χ1n) is 14.2. The highest BCUT2D eigenvalue weighted by atomic mass is 19.1. The molecular weight excluding hydrogens is 561 g/mol. The molecule has 0 fully saturated rings. The highest BCUT2D eigenvalue weighted by molar-refractivity contribution is 6.09. The molecule has 44 heavy (non-hydrogen) atoms. The fourth-order valence-corrected chi connectivity index (χ4v) is 5.99. The molecule has 4 aromatic carbocycles. The molecule has 7 rings (SSSR count).